The van der Waals surface area contributed by atoms with Crippen LogP contribution in [0.3, 0.4) is 0 Å². The molecule has 0 aliphatic carbocycles. The monoisotopic (exact) mass is 213 g/mol. The van der Waals surface area contributed by atoms with Gasteiger partial charge in [-0.2, -0.15) is 0 Å². The van der Waals surface area contributed by atoms with Crippen LogP contribution in [0.5, 0.6) is 0 Å². The summed E-state index contributed by atoms with van der Waals surface area (Å²) in [6, 6.07) is 0. The molecular formula is C10H19N3O2. The van der Waals surface area contributed by atoms with E-state index in [0.717, 1.165) is 0 Å². The Balaban J connectivity index is 2.21. The van der Waals surface area contributed by atoms with Crippen LogP contribution >= 0.6 is 0 Å². The van der Waals surface area contributed by atoms with E-state index in [0.29, 0.717) is 38.7 Å². The van der Waals surface area contributed by atoms with Gasteiger partial charge in [0.15, 0.2) is 11.7 Å². The predicted octanol–water partition coefficient (Wildman–Crippen LogP) is 0.230. The lowest BCUT2D eigenvalue weighted by molar-refractivity contribution is -0.144. The Morgan fingerprint density at radius 3 is 2.87 bits per heavy atom. The maximum absolute atomic E-state index is 5.60. The van der Waals surface area contributed by atoms with Crippen LogP contribution in [0.2, 0.25) is 0 Å². The third kappa shape index (κ3) is 4.31. The lowest BCUT2D eigenvalue weighted by atomic mass is 10.2. The van der Waals surface area contributed by atoms with Crippen molar-refractivity contribution in [1.82, 2.24) is 5.32 Å². The van der Waals surface area contributed by atoms with Gasteiger partial charge in [-0.25, -0.2) is 0 Å². The summed E-state index contributed by atoms with van der Waals surface area (Å²) in [5, 5.41) is 2.90. The molecule has 1 heterocycles. The number of ether oxygens (including phenoxy) is 2. The molecule has 0 saturated carbocycles. The zero-order valence-corrected chi connectivity index (χ0v) is 9.16. The number of nitrogens with one attached hydrogen (secondary N) is 1. The largest absolute Gasteiger partial charge is 0.370 e. The lowest BCUT2D eigenvalue weighted by Gasteiger charge is -2.20. The highest BCUT2D eigenvalue weighted by Gasteiger charge is 2.29. The molecule has 0 unspecified atom stereocenters. The smallest absolute Gasteiger partial charge is 0.188 e. The lowest BCUT2D eigenvalue weighted by Crippen LogP contribution is -2.33. The van der Waals surface area contributed by atoms with Crippen LogP contribution in [0.25, 0.3) is 0 Å². The number of hydrogen-bond acceptors (Lipinski definition) is 3. The molecule has 86 valence electrons. The van der Waals surface area contributed by atoms with Crippen LogP contribution in [-0.4, -0.2) is 38.0 Å². The molecule has 1 fully saturated rings. The van der Waals surface area contributed by atoms with Gasteiger partial charge in [0.05, 0.1) is 13.2 Å². The summed E-state index contributed by atoms with van der Waals surface area (Å²) in [5.41, 5.74) is 5.60. The molecule has 0 aromatic rings. The fourth-order valence-corrected chi connectivity index (χ4v) is 1.31. The van der Waals surface area contributed by atoms with E-state index in [4.69, 9.17) is 15.2 Å². The molecule has 0 bridgehead atoms. The standard InChI is InChI=1S/C10H19N3O2/c1-3-5-12-9(11)13-6-4-10(2)14-7-8-15-10/h3H,1,4-8H2,2H3,(H3,11,12,13). The topological polar surface area (TPSA) is 68.9 Å². The normalized spacial score (nSPS) is 20.2. The third-order valence-corrected chi connectivity index (χ3v) is 2.17. The van der Waals surface area contributed by atoms with Gasteiger partial charge in [-0.1, -0.05) is 6.08 Å². The molecule has 1 aliphatic rings. The molecule has 0 aromatic heterocycles. The average molecular weight is 213 g/mol. The molecule has 1 rings (SSSR count). The number of nitrogens with two attached hydrogens (primary N) is 1. The molecule has 5 heteroatoms. The van der Waals surface area contributed by atoms with Crippen molar-refractivity contribution in [1.29, 1.82) is 0 Å². The first kappa shape index (κ1) is 12.0. The summed E-state index contributed by atoms with van der Waals surface area (Å²) in [5.74, 6) is -0.0566. The van der Waals surface area contributed by atoms with Crippen molar-refractivity contribution in [2.45, 2.75) is 19.1 Å². The highest BCUT2D eigenvalue weighted by atomic mass is 16.7. The van der Waals surface area contributed by atoms with Gasteiger partial charge in [-0.3, -0.25) is 4.99 Å². The van der Waals surface area contributed by atoms with E-state index < -0.39 is 5.79 Å². The second kappa shape index (κ2) is 5.72. The number of aliphatic imine (C=N–C) groups is 1. The fourth-order valence-electron chi connectivity index (χ4n) is 1.31. The van der Waals surface area contributed by atoms with Gasteiger partial charge in [0.25, 0.3) is 0 Å². The predicted molar refractivity (Wildman–Crippen MR) is 59.6 cm³/mol. The van der Waals surface area contributed by atoms with Crippen molar-refractivity contribution in [3.8, 4) is 0 Å². The molecule has 1 saturated heterocycles. The molecule has 0 spiro atoms. The molecule has 3 N–H and O–H groups in total. The van der Waals surface area contributed by atoms with Gasteiger partial charge in [0.1, 0.15) is 0 Å². The zero-order chi connectivity index (χ0) is 11.1. The quantitative estimate of drug-likeness (QED) is 0.390. The Hall–Kier alpha value is -1.07. The van der Waals surface area contributed by atoms with Gasteiger partial charge in [-0.05, 0) is 6.92 Å². The molecule has 0 atom stereocenters. The van der Waals surface area contributed by atoms with Crippen LogP contribution in [0.1, 0.15) is 13.3 Å². The Bertz CT molecular complexity index is 235. The van der Waals surface area contributed by atoms with Crippen molar-refractivity contribution in [3.05, 3.63) is 12.7 Å². The van der Waals surface area contributed by atoms with Crippen LogP contribution in [-0.2, 0) is 9.47 Å². The van der Waals surface area contributed by atoms with Crippen molar-refractivity contribution in [3.63, 3.8) is 0 Å². The second-order valence-corrected chi connectivity index (χ2v) is 3.52. The van der Waals surface area contributed by atoms with E-state index >= 15 is 0 Å². The summed E-state index contributed by atoms with van der Waals surface area (Å²) >= 11 is 0. The first-order valence-corrected chi connectivity index (χ1v) is 5.09. The molecule has 5 nitrogen and oxygen atoms in total. The van der Waals surface area contributed by atoms with Gasteiger partial charge in [0, 0.05) is 19.5 Å². The molecule has 0 aromatic carbocycles. The third-order valence-electron chi connectivity index (χ3n) is 2.17. The van der Waals surface area contributed by atoms with Crippen LogP contribution in [0.4, 0.5) is 0 Å². The fraction of sp³-hybridized carbons (Fsp3) is 0.700. The second-order valence-electron chi connectivity index (χ2n) is 3.52. The minimum absolute atomic E-state index is 0.427. The maximum Gasteiger partial charge on any atom is 0.188 e. The Kier molecular flexibility index (Phi) is 4.58. The number of rotatable bonds is 5. The summed E-state index contributed by atoms with van der Waals surface area (Å²) < 4.78 is 10.9. The average Bonchev–Trinajstić information content (AvgIpc) is 2.62. The van der Waals surface area contributed by atoms with E-state index in [9.17, 15) is 0 Å². The number of nitrogens with zero attached hydrogens (tertiary/aromatic N) is 1. The Morgan fingerprint density at radius 2 is 2.27 bits per heavy atom. The summed E-state index contributed by atoms with van der Waals surface area (Å²) in [6.45, 7) is 8.02. The summed E-state index contributed by atoms with van der Waals surface area (Å²) in [7, 11) is 0. The van der Waals surface area contributed by atoms with Gasteiger partial charge >= 0.3 is 0 Å². The Morgan fingerprint density at radius 1 is 1.60 bits per heavy atom. The van der Waals surface area contributed by atoms with Gasteiger partial charge < -0.3 is 20.5 Å². The zero-order valence-electron chi connectivity index (χ0n) is 9.16. The van der Waals surface area contributed by atoms with Gasteiger partial charge in [0.2, 0.25) is 0 Å². The molecule has 0 radical (unpaired) electrons. The van der Waals surface area contributed by atoms with Crippen LogP contribution < -0.4 is 11.1 Å². The SMILES string of the molecule is C=CCNC(N)=NCCC1(C)OCCO1. The highest BCUT2D eigenvalue weighted by molar-refractivity contribution is 5.77. The number of hydrogen-bond donors (Lipinski definition) is 2. The molecule has 15 heavy (non-hydrogen) atoms. The Labute approximate surface area is 90.3 Å². The minimum atomic E-state index is -0.484. The first-order valence-electron chi connectivity index (χ1n) is 5.09. The maximum atomic E-state index is 5.60. The van der Waals surface area contributed by atoms with Crippen molar-refractivity contribution in [2.24, 2.45) is 10.7 Å². The first-order chi connectivity index (χ1) is 7.16. The van der Waals surface area contributed by atoms with E-state index in [-0.39, 0.29) is 0 Å². The van der Waals surface area contributed by atoms with E-state index in [1.54, 1.807) is 6.08 Å². The summed E-state index contributed by atoms with van der Waals surface area (Å²) in [6.07, 6.45) is 2.44. The summed E-state index contributed by atoms with van der Waals surface area (Å²) in [4.78, 5) is 4.15. The highest BCUT2D eigenvalue weighted by Crippen LogP contribution is 2.21. The van der Waals surface area contributed by atoms with Crippen LogP contribution in [0.15, 0.2) is 17.6 Å². The van der Waals surface area contributed by atoms with Crippen LogP contribution in [0, 0.1) is 0 Å². The van der Waals surface area contributed by atoms with Gasteiger partial charge in [-0.15, -0.1) is 6.58 Å². The van der Waals surface area contributed by atoms with E-state index in [1.165, 1.54) is 0 Å². The van der Waals surface area contributed by atoms with Crippen molar-refractivity contribution >= 4 is 5.96 Å². The molecule has 1 aliphatic heterocycles. The molecular weight excluding hydrogens is 194 g/mol. The minimum Gasteiger partial charge on any atom is -0.370 e. The number of guanidine groups is 1. The van der Waals surface area contributed by atoms with Crippen molar-refractivity contribution in [2.75, 3.05) is 26.3 Å². The van der Waals surface area contributed by atoms with E-state index in [1.807, 2.05) is 6.92 Å². The van der Waals surface area contributed by atoms with E-state index in [2.05, 4.69) is 16.9 Å². The molecule has 0 amide bonds. The van der Waals surface area contributed by atoms with Crippen molar-refractivity contribution < 1.29 is 9.47 Å².